The average molecular weight is 257 g/mol. The highest BCUT2D eigenvalue weighted by Crippen LogP contribution is 2.11. The summed E-state index contributed by atoms with van der Waals surface area (Å²) in [5.74, 6) is 5.09. The van der Waals surface area contributed by atoms with Gasteiger partial charge in [0.25, 0.3) is 5.56 Å². The second-order valence-corrected chi connectivity index (χ2v) is 3.83. The van der Waals surface area contributed by atoms with E-state index in [1.165, 1.54) is 29.1 Å². The fourth-order valence-corrected chi connectivity index (χ4v) is 1.62. The van der Waals surface area contributed by atoms with Crippen LogP contribution in [0.25, 0.3) is 0 Å². The number of aromatic nitrogens is 2. The van der Waals surface area contributed by atoms with Gasteiger partial charge < -0.3 is 5.73 Å². The van der Waals surface area contributed by atoms with Crippen LogP contribution in [0.4, 0.5) is 4.39 Å². The van der Waals surface area contributed by atoms with E-state index in [9.17, 15) is 9.18 Å². The van der Waals surface area contributed by atoms with Gasteiger partial charge >= 0.3 is 0 Å². The second kappa shape index (κ2) is 5.94. The Kier molecular flexibility index (Phi) is 4.06. The van der Waals surface area contributed by atoms with Crippen LogP contribution in [0.3, 0.4) is 0 Å². The standard InChI is InChI=1S/C14H12FN3O/c15-13-6-5-12(11(9-13)3-1-7-16)10-18-14(19)4-2-8-17-18/h2,4-6,8-9H,7,10,16H2. The topological polar surface area (TPSA) is 60.9 Å². The molecule has 19 heavy (non-hydrogen) atoms. The fourth-order valence-electron chi connectivity index (χ4n) is 1.62. The zero-order valence-corrected chi connectivity index (χ0v) is 10.1. The Morgan fingerprint density at radius 1 is 1.37 bits per heavy atom. The molecule has 0 aliphatic rings. The van der Waals surface area contributed by atoms with Crippen molar-refractivity contribution in [1.29, 1.82) is 0 Å². The van der Waals surface area contributed by atoms with Crippen LogP contribution in [0.5, 0.6) is 0 Å². The van der Waals surface area contributed by atoms with Crippen molar-refractivity contribution in [2.45, 2.75) is 6.54 Å². The van der Waals surface area contributed by atoms with Crippen LogP contribution in [-0.4, -0.2) is 16.3 Å². The maximum absolute atomic E-state index is 13.2. The minimum atomic E-state index is -0.376. The van der Waals surface area contributed by atoms with Crippen molar-refractivity contribution < 1.29 is 4.39 Å². The van der Waals surface area contributed by atoms with Gasteiger partial charge in [-0.05, 0) is 23.8 Å². The van der Waals surface area contributed by atoms with Crippen LogP contribution in [0, 0.1) is 17.7 Å². The summed E-state index contributed by atoms with van der Waals surface area (Å²) < 4.78 is 14.5. The van der Waals surface area contributed by atoms with E-state index < -0.39 is 0 Å². The highest BCUT2D eigenvalue weighted by atomic mass is 19.1. The highest BCUT2D eigenvalue weighted by molar-refractivity contribution is 5.42. The molecule has 1 aromatic carbocycles. The molecule has 0 fully saturated rings. The first-order valence-corrected chi connectivity index (χ1v) is 5.70. The van der Waals surface area contributed by atoms with Crippen LogP contribution in [0.2, 0.25) is 0 Å². The minimum absolute atomic E-state index is 0.194. The van der Waals surface area contributed by atoms with Gasteiger partial charge in [-0.3, -0.25) is 4.79 Å². The van der Waals surface area contributed by atoms with Crippen LogP contribution >= 0.6 is 0 Å². The van der Waals surface area contributed by atoms with Gasteiger partial charge in [0.15, 0.2) is 0 Å². The summed E-state index contributed by atoms with van der Waals surface area (Å²) in [5.41, 5.74) is 6.33. The molecule has 4 nitrogen and oxygen atoms in total. The molecule has 0 radical (unpaired) electrons. The summed E-state index contributed by atoms with van der Waals surface area (Å²) >= 11 is 0. The molecule has 2 rings (SSSR count). The zero-order valence-electron chi connectivity index (χ0n) is 10.1. The maximum Gasteiger partial charge on any atom is 0.267 e. The molecule has 0 unspecified atom stereocenters. The normalized spacial score (nSPS) is 9.79. The number of hydrogen-bond donors (Lipinski definition) is 1. The van der Waals surface area contributed by atoms with Crippen molar-refractivity contribution >= 4 is 0 Å². The lowest BCUT2D eigenvalue weighted by Gasteiger charge is -2.06. The summed E-state index contributed by atoms with van der Waals surface area (Å²) in [7, 11) is 0. The number of halogens is 1. The predicted octanol–water partition coefficient (Wildman–Crippen LogP) is 0.741. The molecule has 1 heterocycles. The number of hydrogen-bond acceptors (Lipinski definition) is 3. The first-order valence-electron chi connectivity index (χ1n) is 5.70. The summed E-state index contributed by atoms with van der Waals surface area (Å²) in [6.45, 7) is 0.439. The van der Waals surface area contributed by atoms with Crippen LogP contribution in [0.1, 0.15) is 11.1 Å². The fraction of sp³-hybridized carbons (Fsp3) is 0.143. The van der Waals surface area contributed by atoms with Gasteiger partial charge in [-0.2, -0.15) is 5.10 Å². The molecule has 2 aromatic rings. The van der Waals surface area contributed by atoms with E-state index in [0.717, 1.165) is 5.56 Å². The molecule has 0 amide bonds. The molecule has 0 saturated carbocycles. The molecule has 0 aliphatic heterocycles. The first-order chi connectivity index (χ1) is 9.20. The minimum Gasteiger partial charge on any atom is -0.320 e. The van der Waals surface area contributed by atoms with E-state index >= 15 is 0 Å². The monoisotopic (exact) mass is 257 g/mol. The van der Waals surface area contributed by atoms with Gasteiger partial charge in [0.2, 0.25) is 0 Å². The quantitative estimate of drug-likeness (QED) is 0.807. The average Bonchev–Trinajstić information content (AvgIpc) is 2.41. The molecule has 0 atom stereocenters. The van der Waals surface area contributed by atoms with E-state index in [1.54, 1.807) is 12.1 Å². The molecule has 5 heteroatoms. The SMILES string of the molecule is NCC#Cc1cc(F)ccc1Cn1ncccc1=O. The Morgan fingerprint density at radius 3 is 2.95 bits per heavy atom. The molecule has 1 aromatic heterocycles. The van der Waals surface area contributed by atoms with Gasteiger partial charge in [-0.25, -0.2) is 9.07 Å². The molecule has 0 saturated heterocycles. The summed E-state index contributed by atoms with van der Waals surface area (Å²) in [5, 5.41) is 3.95. The third-order valence-corrected chi connectivity index (χ3v) is 2.50. The Bertz CT molecular complexity index is 698. The summed E-state index contributed by atoms with van der Waals surface area (Å²) in [4.78, 5) is 11.6. The van der Waals surface area contributed by atoms with Crippen molar-refractivity contribution in [2.75, 3.05) is 6.54 Å². The van der Waals surface area contributed by atoms with Crippen molar-refractivity contribution in [3.63, 3.8) is 0 Å². The summed E-state index contributed by atoms with van der Waals surface area (Å²) in [6, 6.07) is 7.24. The number of rotatable bonds is 2. The van der Waals surface area contributed by atoms with Crippen molar-refractivity contribution in [1.82, 2.24) is 9.78 Å². The Balaban J connectivity index is 2.40. The van der Waals surface area contributed by atoms with Crippen molar-refractivity contribution in [3.05, 3.63) is 63.8 Å². The van der Waals surface area contributed by atoms with Gasteiger partial charge in [0.1, 0.15) is 5.82 Å². The van der Waals surface area contributed by atoms with Gasteiger partial charge in [0.05, 0.1) is 13.1 Å². The largest absolute Gasteiger partial charge is 0.320 e. The second-order valence-electron chi connectivity index (χ2n) is 3.83. The molecular formula is C14H12FN3O. The van der Waals surface area contributed by atoms with E-state index in [1.807, 2.05) is 0 Å². The lowest BCUT2D eigenvalue weighted by Crippen LogP contribution is -2.22. The molecule has 96 valence electrons. The third kappa shape index (κ3) is 3.27. The zero-order chi connectivity index (χ0) is 13.7. The van der Waals surface area contributed by atoms with Gasteiger partial charge in [-0.1, -0.05) is 17.9 Å². The molecule has 0 bridgehead atoms. The lowest BCUT2D eigenvalue weighted by molar-refractivity contribution is 0.618. The number of nitrogens with zero attached hydrogens (tertiary/aromatic N) is 2. The first kappa shape index (κ1) is 13.0. The van der Waals surface area contributed by atoms with Crippen molar-refractivity contribution in [2.24, 2.45) is 5.73 Å². The molecule has 0 aliphatic carbocycles. The molecular weight excluding hydrogens is 245 g/mol. The lowest BCUT2D eigenvalue weighted by atomic mass is 10.1. The molecule has 2 N–H and O–H groups in total. The van der Waals surface area contributed by atoms with Gasteiger partial charge in [0, 0.05) is 17.8 Å². The van der Waals surface area contributed by atoms with E-state index in [-0.39, 0.29) is 24.5 Å². The third-order valence-electron chi connectivity index (χ3n) is 2.50. The van der Waals surface area contributed by atoms with Crippen LogP contribution < -0.4 is 11.3 Å². The van der Waals surface area contributed by atoms with Crippen molar-refractivity contribution in [3.8, 4) is 11.8 Å². The Morgan fingerprint density at radius 2 is 2.21 bits per heavy atom. The Labute approximate surface area is 109 Å². The Hall–Kier alpha value is -2.45. The van der Waals surface area contributed by atoms with Gasteiger partial charge in [-0.15, -0.1) is 0 Å². The predicted molar refractivity (Wildman–Crippen MR) is 69.9 cm³/mol. The number of nitrogens with two attached hydrogens (primary N) is 1. The highest BCUT2D eigenvalue weighted by Gasteiger charge is 2.04. The molecule has 0 spiro atoms. The van der Waals surface area contributed by atoms with Crippen LogP contribution in [-0.2, 0) is 6.54 Å². The van der Waals surface area contributed by atoms with E-state index in [0.29, 0.717) is 5.56 Å². The smallest absolute Gasteiger partial charge is 0.267 e. The summed E-state index contributed by atoms with van der Waals surface area (Å²) in [6.07, 6.45) is 1.52. The maximum atomic E-state index is 13.2. The van der Waals surface area contributed by atoms with Crippen LogP contribution in [0.15, 0.2) is 41.3 Å². The van der Waals surface area contributed by atoms with E-state index in [2.05, 4.69) is 16.9 Å². The number of benzene rings is 1. The van der Waals surface area contributed by atoms with E-state index in [4.69, 9.17) is 5.73 Å².